The number of esters is 1. The maximum Gasteiger partial charge on any atom is 0.305 e. The highest BCUT2D eigenvalue weighted by molar-refractivity contribution is 5.90. The first-order chi connectivity index (χ1) is 10.2. The number of benzene rings is 1. The highest BCUT2D eigenvalue weighted by Gasteiger charge is 2.03. The van der Waals surface area contributed by atoms with Crippen LogP contribution < -0.4 is 10.1 Å². The van der Waals surface area contributed by atoms with Gasteiger partial charge in [0.05, 0.1) is 14.2 Å². The smallest absolute Gasteiger partial charge is 0.305 e. The van der Waals surface area contributed by atoms with Gasteiger partial charge in [0.15, 0.2) is 0 Å². The largest absolute Gasteiger partial charge is 0.497 e. The molecule has 0 unspecified atom stereocenters. The zero-order valence-electron chi connectivity index (χ0n) is 12.7. The van der Waals surface area contributed by atoms with Gasteiger partial charge < -0.3 is 14.8 Å². The molecule has 0 radical (unpaired) electrons. The van der Waals surface area contributed by atoms with Crippen molar-refractivity contribution in [3.63, 3.8) is 0 Å². The maximum absolute atomic E-state index is 11.7. The van der Waals surface area contributed by atoms with E-state index >= 15 is 0 Å². The number of rotatable bonds is 9. The van der Waals surface area contributed by atoms with Gasteiger partial charge in [-0.3, -0.25) is 9.59 Å². The molecule has 116 valence electrons. The molecule has 0 atom stereocenters. The lowest BCUT2D eigenvalue weighted by Gasteiger charge is -2.06. The fourth-order valence-electron chi connectivity index (χ4n) is 1.91. The predicted molar refractivity (Wildman–Crippen MR) is 81.3 cm³/mol. The molecule has 5 nitrogen and oxygen atoms in total. The minimum absolute atomic E-state index is 0.00753. The van der Waals surface area contributed by atoms with Crippen LogP contribution >= 0.6 is 0 Å². The van der Waals surface area contributed by atoms with Gasteiger partial charge in [-0.15, -0.1) is 0 Å². The molecular weight excluding hydrogens is 270 g/mol. The maximum atomic E-state index is 11.7. The van der Waals surface area contributed by atoms with Crippen LogP contribution in [0.5, 0.6) is 5.75 Å². The second kappa shape index (κ2) is 9.80. The van der Waals surface area contributed by atoms with E-state index in [-0.39, 0.29) is 11.9 Å². The van der Waals surface area contributed by atoms with E-state index in [0.29, 0.717) is 12.8 Å². The Balaban J connectivity index is 2.12. The third kappa shape index (κ3) is 7.34. The van der Waals surface area contributed by atoms with Crippen LogP contribution in [-0.4, -0.2) is 26.1 Å². The van der Waals surface area contributed by atoms with Gasteiger partial charge in [0, 0.05) is 18.5 Å². The molecule has 0 aromatic heterocycles. The Morgan fingerprint density at radius 3 is 2.14 bits per heavy atom. The molecule has 0 aliphatic heterocycles. The summed E-state index contributed by atoms with van der Waals surface area (Å²) in [6.07, 6.45) is 4.45. The molecule has 0 spiro atoms. The number of ether oxygens (including phenoxy) is 2. The minimum atomic E-state index is -0.174. The standard InChI is InChI=1S/C16H23NO4/c1-20-14-11-9-13(10-12-14)17-15(18)7-5-3-4-6-8-16(19)21-2/h9-12H,3-8H2,1-2H3,(H,17,18). The van der Waals surface area contributed by atoms with Crippen molar-refractivity contribution in [2.24, 2.45) is 0 Å². The molecule has 0 saturated carbocycles. The molecule has 0 bridgehead atoms. The molecular formula is C16H23NO4. The third-order valence-electron chi connectivity index (χ3n) is 3.14. The zero-order valence-corrected chi connectivity index (χ0v) is 12.7. The van der Waals surface area contributed by atoms with Crippen molar-refractivity contribution in [2.75, 3.05) is 19.5 Å². The number of carbonyl (C=O) groups is 2. The Bertz CT molecular complexity index is 442. The van der Waals surface area contributed by atoms with Gasteiger partial charge in [0.25, 0.3) is 0 Å². The first-order valence-corrected chi connectivity index (χ1v) is 7.16. The van der Waals surface area contributed by atoms with Crippen molar-refractivity contribution in [1.29, 1.82) is 0 Å². The molecule has 0 aliphatic carbocycles. The molecule has 1 rings (SSSR count). The fraction of sp³-hybridized carbons (Fsp3) is 0.500. The Morgan fingerprint density at radius 1 is 0.952 bits per heavy atom. The molecule has 5 heteroatoms. The molecule has 21 heavy (non-hydrogen) atoms. The van der Waals surface area contributed by atoms with Gasteiger partial charge in [-0.25, -0.2) is 0 Å². The van der Waals surface area contributed by atoms with E-state index in [0.717, 1.165) is 37.1 Å². The third-order valence-corrected chi connectivity index (χ3v) is 3.14. The molecule has 0 heterocycles. The van der Waals surface area contributed by atoms with Crippen LogP contribution in [0.2, 0.25) is 0 Å². The Kier molecular flexibility index (Phi) is 7.94. The quantitative estimate of drug-likeness (QED) is 0.561. The van der Waals surface area contributed by atoms with Crippen LogP contribution in [0.4, 0.5) is 5.69 Å². The summed E-state index contributed by atoms with van der Waals surface area (Å²) in [5.41, 5.74) is 0.770. The Hall–Kier alpha value is -2.04. The lowest BCUT2D eigenvalue weighted by Crippen LogP contribution is -2.10. The summed E-state index contributed by atoms with van der Waals surface area (Å²) in [6, 6.07) is 7.24. The lowest BCUT2D eigenvalue weighted by atomic mass is 10.1. The number of amides is 1. The summed E-state index contributed by atoms with van der Waals surface area (Å²) in [5, 5.41) is 2.84. The van der Waals surface area contributed by atoms with Gasteiger partial charge in [-0.05, 0) is 37.1 Å². The van der Waals surface area contributed by atoms with E-state index in [2.05, 4.69) is 10.1 Å². The van der Waals surface area contributed by atoms with Crippen LogP contribution in [-0.2, 0) is 14.3 Å². The Morgan fingerprint density at radius 2 is 1.57 bits per heavy atom. The number of unbranched alkanes of at least 4 members (excludes halogenated alkanes) is 3. The number of methoxy groups -OCH3 is 2. The van der Waals surface area contributed by atoms with Crippen LogP contribution in [0.3, 0.4) is 0 Å². The van der Waals surface area contributed by atoms with Crippen molar-refractivity contribution in [3.8, 4) is 5.75 Å². The number of hydrogen-bond donors (Lipinski definition) is 1. The first kappa shape index (κ1) is 17.0. The van der Waals surface area contributed by atoms with Crippen LogP contribution in [0.25, 0.3) is 0 Å². The molecule has 0 aliphatic rings. The van der Waals surface area contributed by atoms with E-state index in [4.69, 9.17) is 4.74 Å². The molecule has 1 amide bonds. The highest BCUT2D eigenvalue weighted by Crippen LogP contribution is 2.15. The minimum Gasteiger partial charge on any atom is -0.497 e. The molecule has 1 aromatic carbocycles. The number of carbonyl (C=O) groups excluding carboxylic acids is 2. The molecule has 1 N–H and O–H groups in total. The molecule has 0 saturated heterocycles. The summed E-state index contributed by atoms with van der Waals surface area (Å²) in [5.74, 6) is 0.596. The van der Waals surface area contributed by atoms with Crippen molar-refractivity contribution in [2.45, 2.75) is 38.5 Å². The van der Waals surface area contributed by atoms with Gasteiger partial charge in [0.2, 0.25) is 5.91 Å². The van der Waals surface area contributed by atoms with Crippen molar-refractivity contribution >= 4 is 17.6 Å². The topological polar surface area (TPSA) is 64.6 Å². The summed E-state index contributed by atoms with van der Waals surface area (Å²) in [4.78, 5) is 22.6. The highest BCUT2D eigenvalue weighted by atomic mass is 16.5. The summed E-state index contributed by atoms with van der Waals surface area (Å²) in [7, 11) is 3.00. The Labute approximate surface area is 125 Å². The van der Waals surface area contributed by atoms with Gasteiger partial charge in [-0.1, -0.05) is 12.8 Å². The van der Waals surface area contributed by atoms with Crippen molar-refractivity contribution in [1.82, 2.24) is 0 Å². The van der Waals surface area contributed by atoms with E-state index in [1.807, 2.05) is 24.3 Å². The van der Waals surface area contributed by atoms with E-state index in [1.165, 1.54) is 7.11 Å². The van der Waals surface area contributed by atoms with E-state index in [9.17, 15) is 9.59 Å². The van der Waals surface area contributed by atoms with Crippen LogP contribution in [0.15, 0.2) is 24.3 Å². The fourth-order valence-corrected chi connectivity index (χ4v) is 1.91. The van der Waals surface area contributed by atoms with Crippen LogP contribution in [0.1, 0.15) is 38.5 Å². The number of hydrogen-bond acceptors (Lipinski definition) is 4. The van der Waals surface area contributed by atoms with E-state index < -0.39 is 0 Å². The average molecular weight is 293 g/mol. The average Bonchev–Trinajstić information content (AvgIpc) is 2.51. The van der Waals surface area contributed by atoms with Gasteiger partial charge in [-0.2, -0.15) is 0 Å². The predicted octanol–water partition coefficient (Wildman–Crippen LogP) is 3.15. The van der Waals surface area contributed by atoms with Crippen molar-refractivity contribution < 1.29 is 19.1 Å². The summed E-state index contributed by atoms with van der Waals surface area (Å²) in [6.45, 7) is 0. The van der Waals surface area contributed by atoms with Gasteiger partial charge in [0.1, 0.15) is 5.75 Å². The van der Waals surface area contributed by atoms with E-state index in [1.54, 1.807) is 7.11 Å². The number of nitrogens with one attached hydrogen (secondary N) is 1. The molecule has 0 fully saturated rings. The first-order valence-electron chi connectivity index (χ1n) is 7.16. The SMILES string of the molecule is COC(=O)CCCCCCC(=O)Nc1ccc(OC)cc1. The summed E-state index contributed by atoms with van der Waals surface area (Å²) < 4.78 is 9.62. The lowest BCUT2D eigenvalue weighted by molar-refractivity contribution is -0.140. The summed E-state index contributed by atoms with van der Waals surface area (Å²) >= 11 is 0. The monoisotopic (exact) mass is 293 g/mol. The second-order valence-corrected chi connectivity index (χ2v) is 4.77. The molecule has 1 aromatic rings. The normalized spacial score (nSPS) is 10.0. The zero-order chi connectivity index (χ0) is 15.5. The second-order valence-electron chi connectivity index (χ2n) is 4.77. The van der Waals surface area contributed by atoms with Crippen LogP contribution in [0, 0.1) is 0 Å². The van der Waals surface area contributed by atoms with Gasteiger partial charge >= 0.3 is 5.97 Å². The van der Waals surface area contributed by atoms with Crippen molar-refractivity contribution in [3.05, 3.63) is 24.3 Å². The number of anilines is 1.